The van der Waals surface area contributed by atoms with Crippen molar-refractivity contribution in [2.45, 2.75) is 6.61 Å². The molecule has 0 saturated carbocycles. The second-order valence-corrected chi connectivity index (χ2v) is 5.39. The van der Waals surface area contributed by atoms with Crippen LogP contribution in [0.25, 0.3) is 0 Å². The van der Waals surface area contributed by atoms with Gasteiger partial charge in [0, 0.05) is 13.2 Å². The van der Waals surface area contributed by atoms with E-state index < -0.39 is 5.97 Å². The summed E-state index contributed by atoms with van der Waals surface area (Å²) in [5.41, 5.74) is 1.35. The first-order valence-electron chi connectivity index (χ1n) is 6.86. The molecule has 0 aromatic heterocycles. The van der Waals surface area contributed by atoms with Gasteiger partial charge in [-0.25, -0.2) is 4.79 Å². The topological polar surface area (TPSA) is 54.0 Å². The number of esters is 1. The Balaban J connectivity index is 2.25. The Hall–Kier alpha value is -2.05. The zero-order chi connectivity index (χ0) is 16.7. The predicted octanol–water partition coefficient (Wildman–Crippen LogP) is 3.80. The summed E-state index contributed by atoms with van der Waals surface area (Å²) < 4.78 is 21.4. The molecule has 0 aliphatic rings. The highest BCUT2D eigenvalue weighted by Gasteiger charge is 2.17. The lowest BCUT2D eigenvalue weighted by Gasteiger charge is -2.13. The van der Waals surface area contributed by atoms with Gasteiger partial charge in [0.15, 0.2) is 6.79 Å². The Morgan fingerprint density at radius 1 is 1.09 bits per heavy atom. The van der Waals surface area contributed by atoms with Crippen LogP contribution in [0.3, 0.4) is 0 Å². The highest BCUT2D eigenvalue weighted by atomic mass is 79.9. The van der Waals surface area contributed by atoms with E-state index in [1.165, 1.54) is 14.2 Å². The van der Waals surface area contributed by atoms with Crippen LogP contribution < -0.4 is 9.47 Å². The Kier molecular flexibility index (Phi) is 6.43. The van der Waals surface area contributed by atoms with Crippen LogP contribution in [0.4, 0.5) is 0 Å². The van der Waals surface area contributed by atoms with E-state index in [1.54, 1.807) is 12.1 Å². The highest BCUT2D eigenvalue weighted by molar-refractivity contribution is 9.10. The Bertz CT molecular complexity index is 658. The van der Waals surface area contributed by atoms with E-state index in [9.17, 15) is 4.79 Å². The molecule has 23 heavy (non-hydrogen) atoms. The van der Waals surface area contributed by atoms with E-state index in [0.29, 0.717) is 28.1 Å². The van der Waals surface area contributed by atoms with Crippen molar-refractivity contribution in [3.05, 3.63) is 58.1 Å². The molecule has 0 fully saturated rings. The summed E-state index contributed by atoms with van der Waals surface area (Å²) in [5.74, 6) is 0.464. The number of rotatable bonds is 7. The number of carbonyl (C=O) groups excluding carboxylic acids is 1. The molecule has 0 saturated heterocycles. The maximum Gasteiger partial charge on any atom is 0.339 e. The van der Waals surface area contributed by atoms with Gasteiger partial charge in [-0.3, -0.25) is 0 Å². The third-order valence-corrected chi connectivity index (χ3v) is 3.82. The molecule has 0 heterocycles. The summed E-state index contributed by atoms with van der Waals surface area (Å²) in [4.78, 5) is 11.9. The van der Waals surface area contributed by atoms with E-state index in [1.807, 2.05) is 30.3 Å². The Labute approximate surface area is 143 Å². The van der Waals surface area contributed by atoms with E-state index in [0.717, 1.165) is 5.56 Å². The Morgan fingerprint density at radius 3 is 2.48 bits per heavy atom. The second-order valence-electron chi connectivity index (χ2n) is 4.60. The number of carbonyl (C=O) groups is 1. The number of halogens is 1. The summed E-state index contributed by atoms with van der Waals surface area (Å²) in [5, 5.41) is 0. The van der Waals surface area contributed by atoms with E-state index in [2.05, 4.69) is 15.9 Å². The summed E-state index contributed by atoms with van der Waals surface area (Å²) >= 11 is 3.35. The minimum atomic E-state index is -0.482. The molecule has 122 valence electrons. The molecule has 0 aliphatic heterocycles. The SMILES string of the molecule is COCOc1cc(OCc2ccccc2)cc(C(=O)OC)c1Br. The maximum atomic E-state index is 11.9. The Morgan fingerprint density at radius 2 is 1.83 bits per heavy atom. The minimum Gasteiger partial charge on any atom is -0.489 e. The van der Waals surface area contributed by atoms with Crippen molar-refractivity contribution in [2.75, 3.05) is 21.0 Å². The quantitative estimate of drug-likeness (QED) is 0.540. The molecule has 2 rings (SSSR count). The average molecular weight is 381 g/mol. The van der Waals surface area contributed by atoms with Crippen LogP contribution in [0.1, 0.15) is 15.9 Å². The van der Waals surface area contributed by atoms with Gasteiger partial charge in [-0.05, 0) is 27.6 Å². The van der Waals surface area contributed by atoms with E-state index in [-0.39, 0.29) is 6.79 Å². The summed E-state index contributed by atoms with van der Waals surface area (Å²) in [6.07, 6.45) is 0. The average Bonchev–Trinajstić information content (AvgIpc) is 2.59. The van der Waals surface area contributed by atoms with Gasteiger partial charge in [-0.1, -0.05) is 30.3 Å². The summed E-state index contributed by atoms with van der Waals surface area (Å²) in [6, 6.07) is 13.0. The first kappa shape index (κ1) is 17.3. The van der Waals surface area contributed by atoms with Crippen LogP contribution in [0.5, 0.6) is 11.5 Å². The van der Waals surface area contributed by atoms with Crippen molar-refractivity contribution >= 4 is 21.9 Å². The second kappa shape index (κ2) is 8.55. The maximum absolute atomic E-state index is 11.9. The van der Waals surface area contributed by atoms with Crippen molar-refractivity contribution in [1.29, 1.82) is 0 Å². The predicted molar refractivity (Wildman–Crippen MR) is 88.8 cm³/mol. The van der Waals surface area contributed by atoms with E-state index >= 15 is 0 Å². The van der Waals surface area contributed by atoms with Crippen molar-refractivity contribution in [2.24, 2.45) is 0 Å². The van der Waals surface area contributed by atoms with E-state index in [4.69, 9.17) is 18.9 Å². The molecule has 5 nitrogen and oxygen atoms in total. The molecule has 0 unspecified atom stereocenters. The normalized spacial score (nSPS) is 10.2. The largest absolute Gasteiger partial charge is 0.489 e. The molecule has 0 aliphatic carbocycles. The van der Waals surface area contributed by atoms with Gasteiger partial charge in [0.1, 0.15) is 18.1 Å². The van der Waals surface area contributed by atoms with Gasteiger partial charge in [-0.15, -0.1) is 0 Å². The molecule has 6 heteroatoms. The fraction of sp³-hybridized carbons (Fsp3) is 0.235. The molecule has 0 amide bonds. The molecule has 2 aromatic rings. The van der Waals surface area contributed by atoms with Gasteiger partial charge in [0.25, 0.3) is 0 Å². The smallest absolute Gasteiger partial charge is 0.339 e. The molecule has 0 N–H and O–H groups in total. The van der Waals surface area contributed by atoms with Gasteiger partial charge in [0.2, 0.25) is 0 Å². The van der Waals surface area contributed by atoms with Crippen LogP contribution in [0.15, 0.2) is 46.9 Å². The zero-order valence-corrected chi connectivity index (χ0v) is 14.5. The number of methoxy groups -OCH3 is 2. The fourth-order valence-electron chi connectivity index (χ4n) is 1.88. The van der Waals surface area contributed by atoms with Crippen molar-refractivity contribution in [3.63, 3.8) is 0 Å². The first-order chi connectivity index (χ1) is 11.2. The molecule has 0 bridgehead atoms. The summed E-state index contributed by atoms with van der Waals surface area (Å²) in [6.45, 7) is 0.439. The standard InChI is InChI=1S/C17H17BrO5/c1-20-11-23-15-9-13(8-14(16(15)18)17(19)21-2)22-10-12-6-4-3-5-7-12/h3-9H,10-11H2,1-2H3. The van der Waals surface area contributed by atoms with Crippen LogP contribution in [0, 0.1) is 0 Å². The lowest BCUT2D eigenvalue weighted by molar-refractivity contribution is 0.0495. The third-order valence-electron chi connectivity index (χ3n) is 3.00. The number of hydrogen-bond donors (Lipinski definition) is 0. The number of hydrogen-bond acceptors (Lipinski definition) is 5. The first-order valence-corrected chi connectivity index (χ1v) is 7.65. The van der Waals surface area contributed by atoms with Crippen molar-refractivity contribution in [1.82, 2.24) is 0 Å². The van der Waals surface area contributed by atoms with Crippen LogP contribution in [0.2, 0.25) is 0 Å². The monoisotopic (exact) mass is 380 g/mol. The van der Waals surface area contributed by atoms with Crippen LogP contribution in [-0.4, -0.2) is 27.0 Å². The zero-order valence-electron chi connectivity index (χ0n) is 12.9. The minimum absolute atomic E-state index is 0.0569. The van der Waals surface area contributed by atoms with Gasteiger partial charge >= 0.3 is 5.97 Å². The van der Waals surface area contributed by atoms with Gasteiger partial charge in [-0.2, -0.15) is 0 Å². The van der Waals surface area contributed by atoms with Crippen molar-refractivity contribution < 1.29 is 23.7 Å². The third kappa shape index (κ3) is 4.71. The summed E-state index contributed by atoms with van der Waals surface area (Å²) in [7, 11) is 2.84. The fourth-order valence-corrected chi connectivity index (χ4v) is 2.39. The lowest BCUT2D eigenvalue weighted by Crippen LogP contribution is -2.07. The molecular formula is C17H17BrO5. The molecular weight excluding hydrogens is 364 g/mol. The molecule has 0 radical (unpaired) electrons. The number of benzene rings is 2. The van der Waals surface area contributed by atoms with Crippen LogP contribution >= 0.6 is 15.9 Å². The lowest BCUT2D eigenvalue weighted by atomic mass is 10.2. The van der Waals surface area contributed by atoms with Gasteiger partial charge < -0.3 is 18.9 Å². The van der Waals surface area contributed by atoms with Crippen molar-refractivity contribution in [3.8, 4) is 11.5 Å². The number of ether oxygens (including phenoxy) is 4. The molecule has 0 spiro atoms. The molecule has 0 atom stereocenters. The van der Waals surface area contributed by atoms with Crippen LogP contribution in [-0.2, 0) is 16.1 Å². The molecule has 2 aromatic carbocycles. The highest BCUT2D eigenvalue weighted by Crippen LogP contribution is 2.34. The van der Waals surface area contributed by atoms with Gasteiger partial charge in [0.05, 0.1) is 17.1 Å².